The van der Waals surface area contributed by atoms with Crippen LogP contribution in [0.25, 0.3) is 10.2 Å². The van der Waals surface area contributed by atoms with Crippen LogP contribution in [0.5, 0.6) is 0 Å². The minimum absolute atomic E-state index is 0.0888. The number of hydrogen-bond acceptors (Lipinski definition) is 3. The van der Waals surface area contributed by atoms with Crippen molar-refractivity contribution in [2.75, 3.05) is 4.90 Å². The van der Waals surface area contributed by atoms with Crippen molar-refractivity contribution in [1.29, 1.82) is 0 Å². The van der Waals surface area contributed by atoms with Crippen LogP contribution in [0.3, 0.4) is 0 Å². The van der Waals surface area contributed by atoms with Crippen LogP contribution in [0.2, 0.25) is 5.02 Å². The van der Waals surface area contributed by atoms with E-state index in [4.69, 9.17) is 11.6 Å². The Kier molecular flexibility index (Phi) is 5.76. The molecule has 7 heteroatoms. The summed E-state index contributed by atoms with van der Waals surface area (Å²) in [7, 11) is 0. The van der Waals surface area contributed by atoms with Crippen LogP contribution in [0, 0.1) is 0 Å². The van der Waals surface area contributed by atoms with Gasteiger partial charge in [0, 0.05) is 16.8 Å². The third-order valence-corrected chi connectivity index (χ3v) is 8.02. The third-order valence-electron chi connectivity index (χ3n) is 6.92. The molecule has 1 N–H and O–H groups in total. The summed E-state index contributed by atoms with van der Waals surface area (Å²) in [6.07, 6.45) is 8.01. The number of carbonyl (C=O) groups is 2. The van der Waals surface area contributed by atoms with E-state index in [1.54, 1.807) is 28.4 Å². The summed E-state index contributed by atoms with van der Waals surface area (Å²) in [6.45, 7) is 2.30. The number of nitrogens with zero attached hydrogens (tertiary/aromatic N) is 2. The van der Waals surface area contributed by atoms with Gasteiger partial charge in [0.15, 0.2) is 0 Å². The van der Waals surface area contributed by atoms with E-state index in [2.05, 4.69) is 5.32 Å². The molecule has 1 aromatic carbocycles. The zero-order chi connectivity index (χ0) is 22.3. The van der Waals surface area contributed by atoms with Gasteiger partial charge in [-0.2, -0.15) is 0 Å². The molecule has 0 radical (unpaired) electrons. The summed E-state index contributed by atoms with van der Waals surface area (Å²) in [4.78, 5) is 29.3. The Balaban J connectivity index is 1.54. The van der Waals surface area contributed by atoms with Crippen LogP contribution in [0.15, 0.2) is 41.8 Å². The topological polar surface area (TPSA) is 54.3 Å². The zero-order valence-electron chi connectivity index (χ0n) is 18.3. The Morgan fingerprint density at radius 1 is 1.09 bits per heavy atom. The fraction of sp³-hybridized carbons (Fsp3) is 0.440. The molecule has 0 bridgehead atoms. The van der Waals surface area contributed by atoms with E-state index in [-0.39, 0.29) is 17.9 Å². The van der Waals surface area contributed by atoms with Gasteiger partial charge in [-0.25, -0.2) is 0 Å². The molecular formula is C25H28ClN3O2S. The third kappa shape index (κ3) is 3.73. The summed E-state index contributed by atoms with van der Waals surface area (Å²) >= 11 is 7.73. The maximum Gasteiger partial charge on any atom is 0.275 e. The molecule has 1 unspecified atom stereocenters. The van der Waals surface area contributed by atoms with Gasteiger partial charge < -0.3 is 9.88 Å². The first-order valence-electron chi connectivity index (χ1n) is 11.5. The first-order valence-corrected chi connectivity index (χ1v) is 12.7. The van der Waals surface area contributed by atoms with E-state index in [1.807, 2.05) is 41.1 Å². The Hall–Kier alpha value is -2.31. The van der Waals surface area contributed by atoms with E-state index in [1.165, 1.54) is 19.3 Å². The molecule has 5 rings (SSSR count). The molecule has 3 aromatic rings. The van der Waals surface area contributed by atoms with Gasteiger partial charge in [-0.3, -0.25) is 14.5 Å². The molecule has 1 saturated carbocycles. The number of rotatable bonds is 3. The van der Waals surface area contributed by atoms with Crippen molar-refractivity contribution in [3.05, 3.63) is 52.5 Å². The predicted molar refractivity (Wildman–Crippen MR) is 131 cm³/mol. The number of anilines is 1. The van der Waals surface area contributed by atoms with Gasteiger partial charge in [0.1, 0.15) is 11.2 Å². The average molecular weight is 470 g/mol. The highest BCUT2D eigenvalue weighted by Gasteiger charge is 2.49. The summed E-state index contributed by atoms with van der Waals surface area (Å²) in [5.41, 5.74) is 1.27. The Bertz CT molecular complexity index is 1140. The lowest BCUT2D eigenvalue weighted by Crippen LogP contribution is -2.65. The highest BCUT2D eigenvalue weighted by molar-refractivity contribution is 7.17. The minimum Gasteiger partial charge on any atom is -0.351 e. The van der Waals surface area contributed by atoms with Crippen LogP contribution in [-0.2, 0) is 11.3 Å². The van der Waals surface area contributed by atoms with E-state index in [9.17, 15) is 9.59 Å². The second kappa shape index (κ2) is 8.56. The molecule has 1 aliphatic heterocycles. The molecular weight excluding hydrogens is 442 g/mol. The zero-order valence-corrected chi connectivity index (χ0v) is 19.8. The van der Waals surface area contributed by atoms with Crippen LogP contribution < -0.4 is 10.2 Å². The number of benzene rings is 1. The number of nitrogens with one attached hydrogen (secondary N) is 1. The molecule has 3 heterocycles. The van der Waals surface area contributed by atoms with Crippen LogP contribution in [-0.4, -0.2) is 28.0 Å². The standard InChI is InChI=1S/C25H28ClN3O2S/c1-25(24(31)27-18-7-5-3-2-4-6-8-18)16-28-20-13-14-32-22(20)15-21(28)23(30)29(25)19-11-9-17(26)10-12-19/h9-15,18H,2-8,16H2,1H3,(H,27,31). The fourth-order valence-corrected chi connectivity index (χ4v) is 6.10. The van der Waals surface area contributed by atoms with Crippen LogP contribution in [0.1, 0.15) is 62.4 Å². The molecule has 0 spiro atoms. The van der Waals surface area contributed by atoms with E-state index >= 15 is 0 Å². The molecule has 2 amide bonds. The molecule has 1 atom stereocenters. The van der Waals surface area contributed by atoms with Crippen LogP contribution in [0.4, 0.5) is 5.69 Å². The number of hydrogen-bond donors (Lipinski definition) is 1. The minimum atomic E-state index is -1.05. The molecule has 0 saturated heterocycles. The van der Waals surface area contributed by atoms with E-state index < -0.39 is 5.54 Å². The van der Waals surface area contributed by atoms with Crippen molar-refractivity contribution in [3.8, 4) is 0 Å². The van der Waals surface area contributed by atoms with E-state index in [0.717, 1.165) is 35.9 Å². The lowest BCUT2D eigenvalue weighted by atomic mass is 9.91. The SMILES string of the molecule is CC1(C(=O)NC2CCCCCCC2)Cn2c(cc3sccc32)C(=O)N1c1ccc(Cl)cc1. The molecule has 1 fully saturated rings. The smallest absolute Gasteiger partial charge is 0.275 e. The van der Waals surface area contributed by atoms with Crippen molar-refractivity contribution >= 4 is 50.7 Å². The first-order chi connectivity index (χ1) is 15.5. The summed E-state index contributed by atoms with van der Waals surface area (Å²) in [5.74, 6) is -0.244. The number of aromatic nitrogens is 1. The van der Waals surface area contributed by atoms with Crippen molar-refractivity contribution in [3.63, 3.8) is 0 Å². The summed E-state index contributed by atoms with van der Waals surface area (Å²) in [6, 6.07) is 11.3. The quantitative estimate of drug-likeness (QED) is 0.511. The Labute approximate surface area is 197 Å². The van der Waals surface area contributed by atoms with Gasteiger partial charge in [0.2, 0.25) is 5.91 Å². The highest BCUT2D eigenvalue weighted by Crippen LogP contribution is 2.37. The predicted octanol–water partition coefficient (Wildman–Crippen LogP) is 6.00. The maximum absolute atomic E-state index is 13.8. The molecule has 32 heavy (non-hydrogen) atoms. The summed E-state index contributed by atoms with van der Waals surface area (Å²) < 4.78 is 3.08. The van der Waals surface area contributed by atoms with Gasteiger partial charge >= 0.3 is 0 Å². The molecule has 1 aliphatic carbocycles. The van der Waals surface area contributed by atoms with E-state index in [0.29, 0.717) is 22.9 Å². The van der Waals surface area contributed by atoms with Crippen LogP contribution >= 0.6 is 22.9 Å². The molecule has 168 valence electrons. The number of carbonyl (C=O) groups excluding carboxylic acids is 2. The number of halogens is 1. The van der Waals surface area contributed by atoms with Crippen molar-refractivity contribution in [2.24, 2.45) is 0 Å². The van der Waals surface area contributed by atoms with Gasteiger partial charge in [-0.05, 0) is 61.5 Å². The largest absolute Gasteiger partial charge is 0.351 e. The molecule has 5 nitrogen and oxygen atoms in total. The van der Waals surface area contributed by atoms with Crippen molar-refractivity contribution < 1.29 is 9.59 Å². The van der Waals surface area contributed by atoms with Gasteiger partial charge in [0.25, 0.3) is 5.91 Å². The van der Waals surface area contributed by atoms with Gasteiger partial charge in [-0.15, -0.1) is 11.3 Å². The fourth-order valence-electron chi connectivity index (χ4n) is 5.15. The lowest BCUT2D eigenvalue weighted by Gasteiger charge is -2.44. The van der Waals surface area contributed by atoms with Crippen molar-refractivity contribution in [2.45, 2.75) is 70.0 Å². The number of thiophene rings is 1. The Morgan fingerprint density at radius 2 is 1.78 bits per heavy atom. The summed E-state index contributed by atoms with van der Waals surface area (Å²) in [5, 5.41) is 5.95. The average Bonchev–Trinajstić information content (AvgIpc) is 3.34. The van der Waals surface area contributed by atoms with Gasteiger partial charge in [-0.1, -0.05) is 43.7 Å². The molecule has 2 aliphatic rings. The maximum atomic E-state index is 13.8. The van der Waals surface area contributed by atoms with Gasteiger partial charge in [0.05, 0.1) is 16.8 Å². The monoisotopic (exact) mass is 469 g/mol. The second-order valence-electron chi connectivity index (χ2n) is 9.19. The first kappa shape index (κ1) is 21.5. The Morgan fingerprint density at radius 3 is 2.50 bits per heavy atom. The molecule has 2 aromatic heterocycles. The second-order valence-corrected chi connectivity index (χ2v) is 10.6. The number of fused-ring (bicyclic) bond motifs is 3. The lowest BCUT2D eigenvalue weighted by molar-refractivity contribution is -0.127. The highest BCUT2D eigenvalue weighted by atomic mass is 35.5. The van der Waals surface area contributed by atoms with Crippen molar-refractivity contribution in [1.82, 2.24) is 9.88 Å². The number of amides is 2. The normalized spacial score (nSPS) is 22.4.